The van der Waals surface area contributed by atoms with Gasteiger partial charge in [-0.3, -0.25) is 4.79 Å². The quantitative estimate of drug-likeness (QED) is 0.723. The molecule has 1 aliphatic rings. The maximum absolute atomic E-state index is 12.8. The van der Waals surface area contributed by atoms with Crippen molar-refractivity contribution in [3.8, 4) is 0 Å². The second-order valence-corrected chi connectivity index (χ2v) is 6.70. The van der Waals surface area contributed by atoms with Crippen molar-refractivity contribution in [2.75, 3.05) is 0 Å². The second-order valence-electron chi connectivity index (χ2n) is 6.70. The van der Waals surface area contributed by atoms with Crippen LogP contribution in [0.2, 0.25) is 0 Å². The summed E-state index contributed by atoms with van der Waals surface area (Å²) >= 11 is 0. The minimum atomic E-state index is -1.07. The van der Waals surface area contributed by atoms with Gasteiger partial charge in [0.1, 0.15) is 17.7 Å². The molecule has 0 saturated carbocycles. The Bertz CT molecular complexity index is 524. The number of aliphatic carboxylic acids is 1. The lowest BCUT2D eigenvalue weighted by molar-refractivity contribution is -0.149. The molecule has 2 amide bonds. The number of carbonyl (C=O) groups excluding carboxylic acids is 2. The summed E-state index contributed by atoms with van der Waals surface area (Å²) in [7, 11) is 0. The molecular weight excluding hydrogens is 312 g/mol. The summed E-state index contributed by atoms with van der Waals surface area (Å²) in [5.74, 6) is -1.54. The first-order chi connectivity index (χ1) is 11.1. The molecule has 0 aromatic carbocycles. The molecule has 24 heavy (non-hydrogen) atoms. The van der Waals surface area contributed by atoms with E-state index in [1.807, 2.05) is 0 Å². The number of carboxylic acids is 1. The number of carboxylic acid groups (broad SMARTS) is 1. The molecule has 7 nitrogen and oxygen atoms in total. The van der Waals surface area contributed by atoms with Crippen molar-refractivity contribution in [2.24, 2.45) is 0 Å². The monoisotopic (exact) mass is 338 g/mol. The lowest BCUT2D eigenvalue weighted by atomic mass is 10.1. The van der Waals surface area contributed by atoms with Gasteiger partial charge < -0.3 is 20.1 Å². The number of hydrogen-bond donors (Lipinski definition) is 2. The van der Waals surface area contributed by atoms with Gasteiger partial charge in [0, 0.05) is 0 Å². The van der Waals surface area contributed by atoms with Gasteiger partial charge in [0.2, 0.25) is 5.91 Å². The van der Waals surface area contributed by atoms with Crippen molar-refractivity contribution in [3.63, 3.8) is 0 Å². The van der Waals surface area contributed by atoms with Crippen LogP contribution in [0.3, 0.4) is 0 Å². The first-order valence-corrected chi connectivity index (χ1v) is 7.88. The van der Waals surface area contributed by atoms with Gasteiger partial charge in [0.05, 0.1) is 6.04 Å². The highest BCUT2D eigenvalue weighted by molar-refractivity contribution is 5.90. The number of alkyl carbamates (subject to hydrolysis) is 1. The minimum absolute atomic E-state index is 0.171. The highest BCUT2D eigenvalue weighted by Gasteiger charge is 2.42. The fourth-order valence-corrected chi connectivity index (χ4v) is 2.65. The largest absolute Gasteiger partial charge is 0.480 e. The standard InChI is InChI=1S/C17H26N2O5/c1-6-8-12(18-16(23)24-17(3,4)5)14(20)19-11(7-2)9-10-13(19)15(21)22/h6-7,11-13H,1-2,8-10H2,3-5H3,(H,18,23)(H,21,22)/t11-,12?,13-/m0/s1. The summed E-state index contributed by atoms with van der Waals surface area (Å²) in [6.07, 6.45) is 3.37. The van der Waals surface area contributed by atoms with Crippen LogP contribution in [0.5, 0.6) is 0 Å². The van der Waals surface area contributed by atoms with Crippen molar-refractivity contribution in [1.29, 1.82) is 0 Å². The van der Waals surface area contributed by atoms with Gasteiger partial charge in [-0.05, 0) is 40.0 Å². The third-order valence-electron chi connectivity index (χ3n) is 3.63. The third kappa shape index (κ3) is 5.11. The topological polar surface area (TPSA) is 95.9 Å². The average molecular weight is 338 g/mol. The molecule has 0 aromatic heterocycles. The fraction of sp³-hybridized carbons (Fsp3) is 0.588. The Morgan fingerprint density at radius 3 is 2.42 bits per heavy atom. The highest BCUT2D eigenvalue weighted by atomic mass is 16.6. The number of rotatable bonds is 6. The SMILES string of the molecule is C=CCC(NC(=O)OC(C)(C)C)C(=O)N1[C@@H](C=C)CC[C@H]1C(=O)O. The predicted octanol–water partition coefficient (Wildman–Crippen LogP) is 2.09. The Morgan fingerprint density at radius 2 is 1.96 bits per heavy atom. The van der Waals surface area contributed by atoms with Gasteiger partial charge >= 0.3 is 12.1 Å². The van der Waals surface area contributed by atoms with E-state index >= 15 is 0 Å². The first kappa shape index (κ1) is 19.7. The first-order valence-electron chi connectivity index (χ1n) is 7.88. The number of nitrogens with zero attached hydrogens (tertiary/aromatic N) is 1. The van der Waals surface area contributed by atoms with E-state index in [0.717, 1.165) is 0 Å². The number of nitrogens with one attached hydrogen (secondary N) is 1. The van der Waals surface area contributed by atoms with Gasteiger partial charge in [-0.2, -0.15) is 0 Å². The lowest BCUT2D eigenvalue weighted by Gasteiger charge is -2.31. The highest BCUT2D eigenvalue weighted by Crippen LogP contribution is 2.26. The number of amides is 2. The summed E-state index contributed by atoms with van der Waals surface area (Å²) in [5.41, 5.74) is -0.702. The molecule has 1 aliphatic heterocycles. The minimum Gasteiger partial charge on any atom is -0.480 e. The molecule has 0 spiro atoms. The van der Waals surface area contributed by atoms with Crippen LogP contribution in [0.25, 0.3) is 0 Å². The van der Waals surface area contributed by atoms with Crippen LogP contribution in [0, 0.1) is 0 Å². The van der Waals surface area contributed by atoms with E-state index in [4.69, 9.17) is 4.74 Å². The molecule has 134 valence electrons. The van der Waals surface area contributed by atoms with E-state index in [0.29, 0.717) is 12.8 Å². The van der Waals surface area contributed by atoms with Gasteiger partial charge in [0.25, 0.3) is 0 Å². The maximum atomic E-state index is 12.8. The van der Waals surface area contributed by atoms with Crippen LogP contribution in [-0.4, -0.2) is 51.7 Å². The van der Waals surface area contributed by atoms with E-state index in [2.05, 4.69) is 18.5 Å². The molecular formula is C17H26N2O5. The molecule has 1 heterocycles. The molecule has 0 aliphatic carbocycles. The maximum Gasteiger partial charge on any atom is 0.408 e. The van der Waals surface area contributed by atoms with Crippen LogP contribution >= 0.6 is 0 Å². The number of carbonyl (C=O) groups is 3. The molecule has 1 unspecified atom stereocenters. The van der Waals surface area contributed by atoms with Crippen molar-refractivity contribution < 1.29 is 24.2 Å². The average Bonchev–Trinajstić information content (AvgIpc) is 2.88. The van der Waals surface area contributed by atoms with Crippen molar-refractivity contribution in [2.45, 2.75) is 63.8 Å². The molecule has 1 fully saturated rings. The summed E-state index contributed by atoms with van der Waals surface area (Å²) < 4.78 is 5.16. The number of likely N-dealkylation sites (tertiary alicyclic amines) is 1. The molecule has 3 atom stereocenters. The van der Waals surface area contributed by atoms with Crippen LogP contribution < -0.4 is 5.32 Å². The van der Waals surface area contributed by atoms with Gasteiger partial charge in [-0.1, -0.05) is 12.2 Å². The Balaban J connectivity index is 2.95. The zero-order valence-corrected chi connectivity index (χ0v) is 14.4. The Morgan fingerprint density at radius 1 is 1.33 bits per heavy atom. The van der Waals surface area contributed by atoms with Crippen molar-refractivity contribution in [3.05, 3.63) is 25.3 Å². The van der Waals surface area contributed by atoms with E-state index < -0.39 is 35.7 Å². The number of hydrogen-bond acceptors (Lipinski definition) is 4. The Hall–Kier alpha value is -2.31. The van der Waals surface area contributed by atoms with Gasteiger partial charge in [-0.15, -0.1) is 13.2 Å². The third-order valence-corrected chi connectivity index (χ3v) is 3.63. The normalized spacial score (nSPS) is 21.7. The molecule has 1 saturated heterocycles. The van der Waals surface area contributed by atoms with E-state index in [9.17, 15) is 19.5 Å². The van der Waals surface area contributed by atoms with Crippen molar-refractivity contribution >= 4 is 18.0 Å². The lowest BCUT2D eigenvalue weighted by Crippen LogP contribution is -2.54. The molecule has 2 N–H and O–H groups in total. The van der Waals surface area contributed by atoms with Crippen LogP contribution in [0.15, 0.2) is 25.3 Å². The van der Waals surface area contributed by atoms with Crippen LogP contribution in [-0.2, 0) is 14.3 Å². The van der Waals surface area contributed by atoms with Gasteiger partial charge in [-0.25, -0.2) is 9.59 Å². The zero-order valence-electron chi connectivity index (χ0n) is 14.4. The smallest absolute Gasteiger partial charge is 0.408 e. The van der Waals surface area contributed by atoms with E-state index in [1.165, 1.54) is 11.0 Å². The van der Waals surface area contributed by atoms with Crippen molar-refractivity contribution in [1.82, 2.24) is 10.2 Å². The van der Waals surface area contributed by atoms with Crippen LogP contribution in [0.1, 0.15) is 40.0 Å². The number of ether oxygens (including phenoxy) is 1. The van der Waals surface area contributed by atoms with Gasteiger partial charge in [0.15, 0.2) is 0 Å². The molecule has 0 radical (unpaired) electrons. The molecule has 0 bridgehead atoms. The summed E-state index contributed by atoms with van der Waals surface area (Å²) in [5, 5.41) is 11.8. The molecule has 1 rings (SSSR count). The zero-order chi connectivity index (χ0) is 18.5. The molecule has 0 aromatic rings. The predicted molar refractivity (Wildman–Crippen MR) is 89.5 cm³/mol. The summed E-state index contributed by atoms with van der Waals surface area (Å²) in [6.45, 7) is 12.4. The summed E-state index contributed by atoms with van der Waals surface area (Å²) in [4.78, 5) is 37.5. The van der Waals surface area contributed by atoms with Crippen LogP contribution in [0.4, 0.5) is 4.79 Å². The van der Waals surface area contributed by atoms with E-state index in [-0.39, 0.29) is 12.5 Å². The summed E-state index contributed by atoms with van der Waals surface area (Å²) in [6, 6.07) is -2.22. The fourth-order valence-electron chi connectivity index (χ4n) is 2.65. The Kier molecular flexibility index (Phi) is 6.57. The Labute approximate surface area is 142 Å². The second kappa shape index (κ2) is 7.99. The molecule has 7 heteroatoms. The van der Waals surface area contributed by atoms with E-state index in [1.54, 1.807) is 26.8 Å².